The topological polar surface area (TPSA) is 56.1 Å². The maximum Gasteiger partial charge on any atom is 0.251 e. The van der Waals surface area contributed by atoms with Gasteiger partial charge < -0.3 is 14.6 Å². The van der Waals surface area contributed by atoms with E-state index in [0.717, 1.165) is 16.8 Å². The molecule has 3 aromatic rings. The van der Waals surface area contributed by atoms with Crippen molar-refractivity contribution in [2.24, 2.45) is 0 Å². The largest absolute Gasteiger partial charge is 0.380 e. The molecule has 0 radical (unpaired) electrons. The Labute approximate surface area is 147 Å². The summed E-state index contributed by atoms with van der Waals surface area (Å²) < 4.78 is 7.06. The number of amides is 1. The molecule has 5 nitrogen and oxygen atoms in total. The number of rotatable bonds is 6. The highest BCUT2D eigenvalue weighted by Gasteiger charge is 2.12. The van der Waals surface area contributed by atoms with E-state index in [9.17, 15) is 4.79 Å². The molecule has 128 valence electrons. The number of benzene rings is 2. The summed E-state index contributed by atoms with van der Waals surface area (Å²) in [5.41, 5.74) is 3.70. The quantitative estimate of drug-likeness (QED) is 0.750. The first-order valence-corrected chi connectivity index (χ1v) is 8.14. The van der Waals surface area contributed by atoms with E-state index in [1.54, 1.807) is 19.6 Å². The highest BCUT2D eigenvalue weighted by atomic mass is 16.5. The maximum absolute atomic E-state index is 12.5. The zero-order valence-corrected chi connectivity index (χ0v) is 14.3. The number of carbonyl (C=O) groups is 1. The summed E-state index contributed by atoms with van der Waals surface area (Å²) >= 11 is 0. The van der Waals surface area contributed by atoms with Gasteiger partial charge in [-0.15, -0.1) is 0 Å². The molecule has 0 bridgehead atoms. The average molecular weight is 335 g/mol. The predicted molar refractivity (Wildman–Crippen MR) is 96.6 cm³/mol. The lowest BCUT2D eigenvalue weighted by molar-refractivity contribution is 0.0939. The Morgan fingerprint density at radius 2 is 2.04 bits per heavy atom. The zero-order chi connectivity index (χ0) is 17.6. The van der Waals surface area contributed by atoms with Crippen LogP contribution in [0.5, 0.6) is 0 Å². The van der Waals surface area contributed by atoms with Gasteiger partial charge in [0.1, 0.15) is 0 Å². The van der Waals surface area contributed by atoms with Crippen molar-refractivity contribution in [3.63, 3.8) is 0 Å². The summed E-state index contributed by atoms with van der Waals surface area (Å²) in [5.74, 6) is -0.0934. The van der Waals surface area contributed by atoms with Gasteiger partial charge >= 0.3 is 0 Å². The van der Waals surface area contributed by atoms with E-state index in [-0.39, 0.29) is 11.9 Å². The van der Waals surface area contributed by atoms with Crippen LogP contribution in [-0.4, -0.2) is 22.6 Å². The van der Waals surface area contributed by atoms with Crippen molar-refractivity contribution in [3.8, 4) is 5.69 Å². The summed E-state index contributed by atoms with van der Waals surface area (Å²) in [6.45, 7) is 2.47. The highest BCUT2D eigenvalue weighted by Crippen LogP contribution is 2.16. The number of carbonyl (C=O) groups excluding carboxylic acids is 1. The van der Waals surface area contributed by atoms with Gasteiger partial charge in [0.2, 0.25) is 0 Å². The number of ether oxygens (including phenoxy) is 1. The van der Waals surface area contributed by atoms with Crippen molar-refractivity contribution in [2.75, 3.05) is 7.11 Å². The Hall–Kier alpha value is -2.92. The van der Waals surface area contributed by atoms with Crippen molar-refractivity contribution in [2.45, 2.75) is 19.6 Å². The van der Waals surface area contributed by atoms with Gasteiger partial charge in [0.15, 0.2) is 0 Å². The second kappa shape index (κ2) is 7.77. The number of methoxy groups -OCH3 is 1. The average Bonchev–Trinajstić information content (AvgIpc) is 3.17. The van der Waals surface area contributed by atoms with Crippen molar-refractivity contribution >= 4 is 5.91 Å². The maximum atomic E-state index is 12.5. The summed E-state index contributed by atoms with van der Waals surface area (Å²) in [7, 11) is 1.64. The first-order valence-electron chi connectivity index (χ1n) is 8.14. The van der Waals surface area contributed by atoms with E-state index in [2.05, 4.69) is 10.3 Å². The highest BCUT2D eigenvalue weighted by molar-refractivity contribution is 5.94. The number of hydrogen-bond donors (Lipinski definition) is 1. The van der Waals surface area contributed by atoms with Crippen LogP contribution in [0.1, 0.15) is 34.5 Å². The molecule has 1 heterocycles. The Morgan fingerprint density at radius 1 is 1.24 bits per heavy atom. The van der Waals surface area contributed by atoms with Gasteiger partial charge in [-0.25, -0.2) is 4.98 Å². The van der Waals surface area contributed by atoms with Gasteiger partial charge in [0.05, 0.1) is 19.0 Å². The molecule has 0 aliphatic rings. The van der Waals surface area contributed by atoms with Crippen molar-refractivity contribution in [3.05, 3.63) is 83.9 Å². The molecule has 0 saturated heterocycles. The number of nitrogens with zero attached hydrogens (tertiary/aromatic N) is 2. The van der Waals surface area contributed by atoms with E-state index < -0.39 is 0 Å². The number of hydrogen-bond acceptors (Lipinski definition) is 3. The molecule has 0 aliphatic heterocycles. The van der Waals surface area contributed by atoms with Crippen LogP contribution >= 0.6 is 0 Å². The van der Waals surface area contributed by atoms with Crippen LogP contribution in [-0.2, 0) is 11.3 Å². The van der Waals surface area contributed by atoms with Gasteiger partial charge in [-0.05, 0) is 42.3 Å². The van der Waals surface area contributed by atoms with Gasteiger partial charge in [-0.2, -0.15) is 0 Å². The third kappa shape index (κ3) is 4.14. The van der Waals surface area contributed by atoms with Gasteiger partial charge in [0, 0.05) is 30.8 Å². The fourth-order valence-electron chi connectivity index (χ4n) is 2.68. The molecule has 0 aliphatic carbocycles. The van der Waals surface area contributed by atoms with E-state index in [1.165, 1.54) is 0 Å². The zero-order valence-electron chi connectivity index (χ0n) is 14.3. The van der Waals surface area contributed by atoms with Crippen LogP contribution in [0.25, 0.3) is 5.69 Å². The monoisotopic (exact) mass is 335 g/mol. The molecule has 1 unspecified atom stereocenters. The Morgan fingerprint density at radius 3 is 2.72 bits per heavy atom. The van der Waals surface area contributed by atoms with Crippen LogP contribution < -0.4 is 5.32 Å². The molecule has 5 heteroatoms. The summed E-state index contributed by atoms with van der Waals surface area (Å²) in [5, 5.41) is 3.04. The summed E-state index contributed by atoms with van der Waals surface area (Å²) in [6.07, 6.45) is 5.40. The van der Waals surface area contributed by atoms with Crippen molar-refractivity contribution in [1.29, 1.82) is 0 Å². The lowest BCUT2D eigenvalue weighted by atomic mass is 10.1. The molecule has 0 saturated carbocycles. The Balaban J connectivity index is 1.68. The molecule has 25 heavy (non-hydrogen) atoms. The van der Waals surface area contributed by atoms with Gasteiger partial charge in [-0.1, -0.05) is 24.3 Å². The van der Waals surface area contributed by atoms with Crippen LogP contribution in [0.3, 0.4) is 0 Å². The minimum absolute atomic E-state index is 0.0876. The fourth-order valence-corrected chi connectivity index (χ4v) is 2.68. The molecule has 1 N–H and O–H groups in total. The Kier molecular flexibility index (Phi) is 5.26. The summed E-state index contributed by atoms with van der Waals surface area (Å²) in [4.78, 5) is 16.5. The molecule has 1 atom stereocenters. The van der Waals surface area contributed by atoms with Crippen LogP contribution in [0, 0.1) is 0 Å². The molecule has 1 aromatic heterocycles. The number of imidazole rings is 1. The number of nitrogens with one attached hydrogen (secondary N) is 1. The molecular weight excluding hydrogens is 314 g/mol. The van der Waals surface area contributed by atoms with Crippen molar-refractivity contribution in [1.82, 2.24) is 14.9 Å². The van der Waals surface area contributed by atoms with E-state index in [1.807, 2.05) is 66.2 Å². The first-order chi connectivity index (χ1) is 12.2. The minimum atomic E-state index is -0.0934. The fraction of sp³-hybridized carbons (Fsp3) is 0.200. The van der Waals surface area contributed by atoms with Crippen molar-refractivity contribution < 1.29 is 9.53 Å². The third-order valence-electron chi connectivity index (χ3n) is 4.04. The van der Waals surface area contributed by atoms with Gasteiger partial charge in [-0.3, -0.25) is 4.79 Å². The number of aromatic nitrogens is 2. The molecule has 0 fully saturated rings. The molecule has 1 amide bonds. The molecule has 3 rings (SSSR count). The van der Waals surface area contributed by atoms with Gasteiger partial charge in [0.25, 0.3) is 5.91 Å². The lowest BCUT2D eigenvalue weighted by Crippen LogP contribution is -2.26. The lowest BCUT2D eigenvalue weighted by Gasteiger charge is -2.15. The normalized spacial score (nSPS) is 11.9. The van der Waals surface area contributed by atoms with E-state index in [4.69, 9.17) is 4.74 Å². The molecule has 2 aromatic carbocycles. The third-order valence-corrected chi connectivity index (χ3v) is 4.04. The Bertz CT molecular complexity index is 826. The standard InChI is InChI=1S/C20H21N3O2/c1-15(17-6-8-19(9-7-17)23-11-10-21-14-23)22-20(24)18-5-3-4-16(12-18)13-25-2/h3-12,14-15H,13H2,1-2H3,(H,22,24). The molecule has 0 spiro atoms. The second-order valence-electron chi connectivity index (χ2n) is 5.89. The van der Waals surface area contributed by atoms with Crippen LogP contribution in [0.2, 0.25) is 0 Å². The van der Waals surface area contributed by atoms with E-state index >= 15 is 0 Å². The van der Waals surface area contributed by atoms with E-state index in [0.29, 0.717) is 12.2 Å². The smallest absolute Gasteiger partial charge is 0.251 e. The second-order valence-corrected chi connectivity index (χ2v) is 5.89. The SMILES string of the molecule is COCc1cccc(C(=O)NC(C)c2ccc(-n3ccnc3)cc2)c1. The van der Waals surface area contributed by atoms with Crippen LogP contribution in [0.4, 0.5) is 0 Å². The minimum Gasteiger partial charge on any atom is -0.380 e. The predicted octanol–water partition coefficient (Wildman–Crippen LogP) is 3.51. The first kappa shape index (κ1) is 16.9. The molecular formula is C20H21N3O2. The van der Waals surface area contributed by atoms with Crippen LogP contribution in [0.15, 0.2) is 67.3 Å². The summed E-state index contributed by atoms with van der Waals surface area (Å²) in [6, 6.07) is 15.4.